The number of hydrogen-bond acceptors (Lipinski definition) is 1. The lowest BCUT2D eigenvalue weighted by Gasteiger charge is -2.09. The number of halogens is 2. The molecule has 0 aromatic heterocycles. The summed E-state index contributed by atoms with van der Waals surface area (Å²) in [6, 6.07) is 20.1. The Hall–Kier alpha value is -2.94. The Morgan fingerprint density at radius 2 is 1.32 bits per heavy atom. The zero-order valence-corrected chi connectivity index (χ0v) is 18.3. The first-order chi connectivity index (χ1) is 15.1. The van der Waals surface area contributed by atoms with E-state index in [-0.39, 0.29) is 5.75 Å². The van der Waals surface area contributed by atoms with Crippen molar-refractivity contribution in [3.8, 4) is 16.9 Å². The van der Waals surface area contributed by atoms with Crippen LogP contribution in [0.5, 0.6) is 5.75 Å². The number of benzene rings is 3. The summed E-state index contributed by atoms with van der Waals surface area (Å²) in [6.07, 6.45) is 8.90. The highest BCUT2D eigenvalue weighted by Gasteiger charge is 2.14. The molecule has 3 rings (SSSR count). The van der Waals surface area contributed by atoms with Crippen molar-refractivity contribution in [1.29, 1.82) is 0 Å². The molecule has 0 heterocycles. The molecule has 3 heteroatoms. The standard InChI is InChI=1S/C28H30F2O/c1-3-5-6-7-21-8-13-23(14-9-21)24-15-10-22(11-16-24)12-17-25-18-19-26(31-20-4-2)28(30)27(25)29/h4,8-11,13-16,18-20H,3,5-7,12,17H2,1-2H3. The number of aryl methyl sites for hydroxylation is 3. The van der Waals surface area contributed by atoms with Gasteiger partial charge in [-0.15, -0.1) is 0 Å². The smallest absolute Gasteiger partial charge is 0.201 e. The molecular formula is C28H30F2O. The van der Waals surface area contributed by atoms with Crippen molar-refractivity contribution < 1.29 is 13.5 Å². The zero-order chi connectivity index (χ0) is 22.1. The van der Waals surface area contributed by atoms with Crippen LogP contribution in [0.15, 0.2) is 73.0 Å². The minimum atomic E-state index is -0.941. The summed E-state index contributed by atoms with van der Waals surface area (Å²) in [4.78, 5) is 0. The van der Waals surface area contributed by atoms with Crippen LogP contribution >= 0.6 is 0 Å². The minimum Gasteiger partial charge on any atom is -0.462 e. The van der Waals surface area contributed by atoms with Gasteiger partial charge in [0, 0.05) is 0 Å². The predicted molar refractivity (Wildman–Crippen MR) is 124 cm³/mol. The molecule has 0 unspecified atom stereocenters. The third-order valence-electron chi connectivity index (χ3n) is 5.45. The Bertz CT molecular complexity index is 989. The Morgan fingerprint density at radius 1 is 0.710 bits per heavy atom. The summed E-state index contributed by atoms with van der Waals surface area (Å²) in [6.45, 7) is 3.97. The largest absolute Gasteiger partial charge is 0.462 e. The van der Waals surface area contributed by atoms with Crippen LogP contribution < -0.4 is 4.74 Å². The van der Waals surface area contributed by atoms with E-state index in [0.29, 0.717) is 18.4 Å². The summed E-state index contributed by atoms with van der Waals surface area (Å²) in [7, 11) is 0. The molecule has 0 radical (unpaired) electrons. The number of ether oxygens (including phenoxy) is 1. The third-order valence-corrected chi connectivity index (χ3v) is 5.45. The second-order valence-corrected chi connectivity index (χ2v) is 7.79. The fourth-order valence-corrected chi connectivity index (χ4v) is 3.58. The van der Waals surface area contributed by atoms with Gasteiger partial charge in [0.1, 0.15) is 0 Å². The normalized spacial score (nSPS) is 11.2. The molecule has 0 fully saturated rings. The third kappa shape index (κ3) is 6.27. The monoisotopic (exact) mass is 420 g/mol. The van der Waals surface area contributed by atoms with Crippen molar-refractivity contribution in [3.63, 3.8) is 0 Å². The summed E-state index contributed by atoms with van der Waals surface area (Å²) in [5.41, 5.74) is 5.18. The lowest BCUT2D eigenvalue weighted by atomic mass is 9.98. The average molecular weight is 421 g/mol. The van der Waals surface area contributed by atoms with Gasteiger partial charge >= 0.3 is 0 Å². The van der Waals surface area contributed by atoms with Gasteiger partial charge in [0.2, 0.25) is 5.82 Å². The average Bonchev–Trinajstić information content (AvgIpc) is 2.80. The molecule has 0 spiro atoms. The first-order valence-corrected chi connectivity index (χ1v) is 11.0. The molecule has 31 heavy (non-hydrogen) atoms. The number of rotatable bonds is 10. The van der Waals surface area contributed by atoms with Crippen molar-refractivity contribution in [1.82, 2.24) is 0 Å². The van der Waals surface area contributed by atoms with Crippen LogP contribution in [0.25, 0.3) is 11.1 Å². The summed E-state index contributed by atoms with van der Waals surface area (Å²) >= 11 is 0. The Labute approximate surface area is 184 Å². The van der Waals surface area contributed by atoms with Gasteiger partial charge in [0.15, 0.2) is 11.6 Å². The van der Waals surface area contributed by atoms with Crippen molar-refractivity contribution in [2.24, 2.45) is 0 Å². The Morgan fingerprint density at radius 3 is 1.90 bits per heavy atom. The van der Waals surface area contributed by atoms with Crippen molar-refractivity contribution in [2.75, 3.05) is 0 Å². The molecule has 162 valence electrons. The molecule has 0 bridgehead atoms. The van der Waals surface area contributed by atoms with Gasteiger partial charge in [-0.1, -0.05) is 80.4 Å². The van der Waals surface area contributed by atoms with E-state index >= 15 is 0 Å². The fourth-order valence-electron chi connectivity index (χ4n) is 3.58. The topological polar surface area (TPSA) is 9.23 Å². The zero-order valence-electron chi connectivity index (χ0n) is 18.3. The molecule has 0 amide bonds. The molecule has 0 aliphatic heterocycles. The molecule has 3 aromatic carbocycles. The molecule has 0 N–H and O–H groups in total. The number of allylic oxidation sites excluding steroid dienone is 1. The van der Waals surface area contributed by atoms with Crippen LogP contribution in [0.2, 0.25) is 0 Å². The van der Waals surface area contributed by atoms with Gasteiger partial charge in [-0.05, 0) is 66.5 Å². The maximum absolute atomic E-state index is 14.3. The molecule has 1 nitrogen and oxygen atoms in total. The van der Waals surface area contributed by atoms with Crippen LogP contribution in [0.1, 0.15) is 49.8 Å². The highest BCUT2D eigenvalue weighted by molar-refractivity contribution is 5.64. The van der Waals surface area contributed by atoms with Crippen LogP contribution in [0, 0.1) is 11.6 Å². The van der Waals surface area contributed by atoms with Crippen molar-refractivity contribution in [2.45, 2.75) is 52.4 Å². The van der Waals surface area contributed by atoms with Gasteiger partial charge in [0.25, 0.3) is 0 Å². The second kappa shape index (κ2) is 11.5. The van der Waals surface area contributed by atoms with E-state index in [2.05, 4.69) is 55.5 Å². The van der Waals surface area contributed by atoms with Gasteiger partial charge in [-0.2, -0.15) is 4.39 Å². The highest BCUT2D eigenvalue weighted by Crippen LogP contribution is 2.25. The van der Waals surface area contributed by atoms with Crippen LogP contribution in [-0.2, 0) is 19.3 Å². The lowest BCUT2D eigenvalue weighted by molar-refractivity contribution is 0.411. The van der Waals surface area contributed by atoms with Crippen molar-refractivity contribution in [3.05, 3.63) is 101 Å². The number of unbranched alkanes of at least 4 members (excludes halogenated alkanes) is 2. The molecule has 0 saturated carbocycles. The molecule has 3 aromatic rings. The highest BCUT2D eigenvalue weighted by atomic mass is 19.2. The SMILES string of the molecule is CC=COc1ccc(CCc2ccc(-c3ccc(CCCCC)cc3)cc2)c(F)c1F. The van der Waals surface area contributed by atoms with E-state index in [9.17, 15) is 8.78 Å². The maximum Gasteiger partial charge on any atom is 0.201 e. The van der Waals surface area contributed by atoms with Crippen molar-refractivity contribution >= 4 is 0 Å². The van der Waals surface area contributed by atoms with Gasteiger partial charge in [0.05, 0.1) is 6.26 Å². The molecular weight excluding hydrogens is 390 g/mol. The van der Waals surface area contributed by atoms with Crippen LogP contribution in [-0.4, -0.2) is 0 Å². The minimum absolute atomic E-state index is 0.0971. The van der Waals surface area contributed by atoms with Crippen LogP contribution in [0.3, 0.4) is 0 Å². The van der Waals surface area contributed by atoms with E-state index < -0.39 is 11.6 Å². The molecule has 0 atom stereocenters. The molecule has 0 aliphatic rings. The summed E-state index contributed by atoms with van der Waals surface area (Å²) < 4.78 is 33.5. The van der Waals surface area contributed by atoms with Crippen LogP contribution in [0.4, 0.5) is 8.78 Å². The van der Waals surface area contributed by atoms with E-state index in [1.165, 1.54) is 42.7 Å². The van der Waals surface area contributed by atoms with E-state index in [0.717, 1.165) is 17.5 Å². The quantitative estimate of drug-likeness (QED) is 0.238. The molecule has 0 aliphatic carbocycles. The fraction of sp³-hybridized carbons (Fsp3) is 0.286. The maximum atomic E-state index is 14.3. The van der Waals surface area contributed by atoms with E-state index in [1.54, 1.807) is 19.1 Å². The Balaban J connectivity index is 1.60. The molecule has 0 saturated heterocycles. The first kappa shape index (κ1) is 22.7. The van der Waals surface area contributed by atoms with Gasteiger partial charge in [-0.3, -0.25) is 0 Å². The Kier molecular flexibility index (Phi) is 8.40. The predicted octanol–water partition coefficient (Wildman–Crippen LogP) is 8.06. The summed E-state index contributed by atoms with van der Waals surface area (Å²) in [5.74, 6) is -1.87. The number of hydrogen-bond donors (Lipinski definition) is 0. The van der Waals surface area contributed by atoms with E-state index in [1.807, 2.05) is 0 Å². The second-order valence-electron chi connectivity index (χ2n) is 7.79. The van der Waals surface area contributed by atoms with Gasteiger partial charge < -0.3 is 4.74 Å². The first-order valence-electron chi connectivity index (χ1n) is 11.0. The van der Waals surface area contributed by atoms with Gasteiger partial charge in [-0.25, -0.2) is 4.39 Å². The summed E-state index contributed by atoms with van der Waals surface area (Å²) in [5, 5.41) is 0. The van der Waals surface area contributed by atoms with E-state index in [4.69, 9.17) is 4.74 Å². The lowest BCUT2D eigenvalue weighted by Crippen LogP contribution is -2.00.